The molecule has 2 aliphatic heterocycles. The Morgan fingerprint density at radius 1 is 1.10 bits per heavy atom. The first kappa shape index (κ1) is 13.2. The van der Waals surface area contributed by atoms with Crippen LogP contribution in [-0.4, -0.2) is 63.1 Å². The van der Waals surface area contributed by atoms with Gasteiger partial charge in [0.05, 0.1) is 0 Å². The van der Waals surface area contributed by atoms with Crippen molar-refractivity contribution < 1.29 is 4.79 Å². The van der Waals surface area contributed by atoms with Crippen molar-refractivity contribution in [2.45, 2.75) is 50.5 Å². The smallest absolute Gasteiger partial charge is 0.293 e. The van der Waals surface area contributed by atoms with Gasteiger partial charge >= 0.3 is 0 Å². The average molecular weight is 289 g/mol. The SMILES string of the molecule is O=C(c1n[nH]c(C2CC2)n1)N1CCCC(N2CCCC2)C1. The van der Waals surface area contributed by atoms with Crippen molar-refractivity contribution >= 4 is 5.91 Å². The number of aromatic amines is 1. The Morgan fingerprint density at radius 2 is 1.90 bits per heavy atom. The molecule has 1 aromatic rings. The number of hydrogen-bond donors (Lipinski definition) is 1. The van der Waals surface area contributed by atoms with E-state index in [0.29, 0.717) is 17.8 Å². The summed E-state index contributed by atoms with van der Waals surface area (Å²) in [7, 11) is 0. The van der Waals surface area contributed by atoms with Gasteiger partial charge in [-0.2, -0.15) is 0 Å². The summed E-state index contributed by atoms with van der Waals surface area (Å²) in [5.41, 5.74) is 0. The van der Waals surface area contributed by atoms with Crippen LogP contribution >= 0.6 is 0 Å². The van der Waals surface area contributed by atoms with E-state index < -0.39 is 0 Å². The van der Waals surface area contributed by atoms with Crippen LogP contribution in [0.25, 0.3) is 0 Å². The summed E-state index contributed by atoms with van der Waals surface area (Å²) in [6, 6.07) is 0.534. The van der Waals surface area contributed by atoms with Crippen molar-refractivity contribution in [1.29, 1.82) is 0 Å². The number of carbonyl (C=O) groups excluding carboxylic acids is 1. The van der Waals surface area contributed by atoms with Gasteiger partial charge in [0.15, 0.2) is 0 Å². The minimum Gasteiger partial charge on any atom is -0.334 e. The van der Waals surface area contributed by atoms with Crippen molar-refractivity contribution in [2.75, 3.05) is 26.2 Å². The fourth-order valence-electron chi connectivity index (χ4n) is 3.59. The number of H-pyrrole nitrogens is 1. The molecule has 4 rings (SSSR count). The molecule has 2 saturated heterocycles. The van der Waals surface area contributed by atoms with E-state index >= 15 is 0 Å². The molecule has 1 aliphatic carbocycles. The molecular weight excluding hydrogens is 266 g/mol. The van der Waals surface area contributed by atoms with E-state index in [1.54, 1.807) is 0 Å². The Kier molecular flexibility index (Phi) is 3.41. The Balaban J connectivity index is 1.42. The molecule has 6 nitrogen and oxygen atoms in total. The summed E-state index contributed by atoms with van der Waals surface area (Å²) in [4.78, 5) is 21.5. The maximum absolute atomic E-state index is 12.6. The number of piperidine rings is 1. The lowest BCUT2D eigenvalue weighted by Crippen LogP contribution is -2.49. The molecule has 1 amide bonds. The largest absolute Gasteiger partial charge is 0.334 e. The zero-order valence-corrected chi connectivity index (χ0v) is 12.4. The Bertz CT molecular complexity index is 518. The number of hydrogen-bond acceptors (Lipinski definition) is 4. The predicted octanol–water partition coefficient (Wildman–Crippen LogP) is 1.38. The molecule has 6 heteroatoms. The minimum atomic E-state index is 0.00190. The van der Waals surface area contributed by atoms with E-state index in [1.165, 1.54) is 45.2 Å². The number of rotatable bonds is 3. The highest BCUT2D eigenvalue weighted by Gasteiger charge is 2.32. The number of nitrogens with one attached hydrogen (secondary N) is 1. The van der Waals surface area contributed by atoms with Gasteiger partial charge in [-0.15, -0.1) is 5.10 Å². The second-order valence-electron chi connectivity index (χ2n) is 6.61. The maximum atomic E-state index is 12.6. The first-order valence-electron chi connectivity index (χ1n) is 8.27. The van der Waals surface area contributed by atoms with Crippen molar-refractivity contribution in [3.8, 4) is 0 Å². The number of aromatic nitrogens is 3. The van der Waals surface area contributed by atoms with Crippen molar-refractivity contribution in [2.24, 2.45) is 0 Å². The van der Waals surface area contributed by atoms with Crippen LogP contribution in [0.4, 0.5) is 0 Å². The Morgan fingerprint density at radius 3 is 2.67 bits per heavy atom. The highest BCUT2D eigenvalue weighted by Crippen LogP contribution is 2.37. The highest BCUT2D eigenvalue weighted by atomic mass is 16.2. The van der Waals surface area contributed by atoms with Gasteiger partial charge in [-0.25, -0.2) is 4.98 Å². The molecule has 0 spiro atoms. The third-order valence-corrected chi connectivity index (χ3v) is 5.00. The summed E-state index contributed by atoms with van der Waals surface area (Å²) < 4.78 is 0. The van der Waals surface area contributed by atoms with E-state index in [9.17, 15) is 4.79 Å². The summed E-state index contributed by atoms with van der Waals surface area (Å²) >= 11 is 0. The van der Waals surface area contributed by atoms with Crippen LogP contribution in [0.1, 0.15) is 60.9 Å². The second-order valence-corrected chi connectivity index (χ2v) is 6.61. The summed E-state index contributed by atoms with van der Waals surface area (Å²) in [6.07, 6.45) is 7.25. The zero-order valence-electron chi connectivity index (χ0n) is 12.4. The number of amides is 1. The summed E-state index contributed by atoms with van der Waals surface area (Å²) in [6.45, 7) is 4.07. The van der Waals surface area contributed by atoms with Crippen LogP contribution in [0.15, 0.2) is 0 Å². The van der Waals surface area contributed by atoms with Crippen LogP contribution in [0.2, 0.25) is 0 Å². The average Bonchev–Trinajstić information content (AvgIpc) is 3.05. The van der Waals surface area contributed by atoms with Crippen LogP contribution < -0.4 is 0 Å². The summed E-state index contributed by atoms with van der Waals surface area (Å²) in [5, 5.41) is 7.07. The van der Waals surface area contributed by atoms with Crippen LogP contribution in [0.3, 0.4) is 0 Å². The first-order valence-corrected chi connectivity index (χ1v) is 8.27. The van der Waals surface area contributed by atoms with Crippen molar-refractivity contribution in [3.05, 3.63) is 11.6 Å². The van der Waals surface area contributed by atoms with E-state index in [-0.39, 0.29) is 5.91 Å². The van der Waals surface area contributed by atoms with Crippen molar-refractivity contribution in [3.63, 3.8) is 0 Å². The summed E-state index contributed by atoms with van der Waals surface area (Å²) in [5.74, 6) is 1.77. The maximum Gasteiger partial charge on any atom is 0.293 e. The fourth-order valence-corrected chi connectivity index (χ4v) is 3.59. The number of likely N-dealkylation sites (tertiary alicyclic amines) is 2. The van der Waals surface area contributed by atoms with Gasteiger partial charge in [-0.3, -0.25) is 14.8 Å². The van der Waals surface area contributed by atoms with Gasteiger partial charge in [0.2, 0.25) is 5.82 Å². The second kappa shape index (κ2) is 5.40. The van der Waals surface area contributed by atoms with Crippen molar-refractivity contribution in [1.82, 2.24) is 25.0 Å². The van der Waals surface area contributed by atoms with Gasteiger partial charge in [0.25, 0.3) is 5.91 Å². The molecule has 1 N–H and O–H groups in total. The molecule has 1 aromatic heterocycles. The molecular formula is C15H23N5O. The zero-order chi connectivity index (χ0) is 14.2. The van der Waals surface area contributed by atoms with E-state index in [4.69, 9.17) is 0 Å². The molecule has 21 heavy (non-hydrogen) atoms. The fraction of sp³-hybridized carbons (Fsp3) is 0.800. The molecule has 114 valence electrons. The Hall–Kier alpha value is -1.43. The van der Waals surface area contributed by atoms with E-state index in [2.05, 4.69) is 20.1 Å². The quantitative estimate of drug-likeness (QED) is 0.913. The molecule has 3 heterocycles. The van der Waals surface area contributed by atoms with E-state index in [1.807, 2.05) is 4.90 Å². The minimum absolute atomic E-state index is 0.00190. The lowest BCUT2D eigenvalue weighted by molar-refractivity contribution is 0.0596. The third-order valence-electron chi connectivity index (χ3n) is 5.00. The molecule has 0 bridgehead atoms. The normalized spacial score (nSPS) is 27.2. The molecule has 1 atom stereocenters. The molecule has 0 radical (unpaired) electrons. The predicted molar refractivity (Wildman–Crippen MR) is 78.1 cm³/mol. The van der Waals surface area contributed by atoms with Gasteiger partial charge in [-0.05, 0) is 51.6 Å². The third kappa shape index (κ3) is 2.69. The van der Waals surface area contributed by atoms with Gasteiger partial charge in [0, 0.05) is 25.0 Å². The van der Waals surface area contributed by atoms with Gasteiger partial charge in [0.1, 0.15) is 5.82 Å². The topological polar surface area (TPSA) is 65.1 Å². The number of nitrogens with zero attached hydrogens (tertiary/aromatic N) is 4. The lowest BCUT2D eigenvalue weighted by Gasteiger charge is -2.37. The van der Waals surface area contributed by atoms with Gasteiger partial charge in [-0.1, -0.05) is 0 Å². The molecule has 1 saturated carbocycles. The first-order chi connectivity index (χ1) is 10.3. The highest BCUT2D eigenvalue weighted by molar-refractivity contribution is 5.90. The van der Waals surface area contributed by atoms with Crippen LogP contribution in [0.5, 0.6) is 0 Å². The molecule has 3 fully saturated rings. The van der Waals surface area contributed by atoms with E-state index in [0.717, 1.165) is 25.3 Å². The van der Waals surface area contributed by atoms with Crippen LogP contribution in [-0.2, 0) is 0 Å². The monoisotopic (exact) mass is 289 g/mol. The molecule has 1 unspecified atom stereocenters. The molecule has 3 aliphatic rings. The standard InChI is InChI=1S/C15H23N5O/c21-15(14-16-13(17-18-14)11-5-6-11)20-9-3-4-12(10-20)19-7-1-2-8-19/h11-12H,1-10H2,(H,16,17,18). The van der Waals surface area contributed by atoms with Crippen LogP contribution in [0, 0.1) is 0 Å². The van der Waals surface area contributed by atoms with Gasteiger partial charge < -0.3 is 4.90 Å². The Labute approximate surface area is 124 Å². The lowest BCUT2D eigenvalue weighted by atomic mass is 10.0. The molecule has 0 aromatic carbocycles. The number of carbonyl (C=O) groups is 1.